The number of carbonyl (C=O) groups is 2. The van der Waals surface area contributed by atoms with Crippen molar-refractivity contribution in [3.63, 3.8) is 0 Å². The van der Waals surface area contributed by atoms with Crippen LogP contribution < -0.4 is 10.6 Å². The van der Waals surface area contributed by atoms with Gasteiger partial charge < -0.3 is 15.4 Å². The Morgan fingerprint density at radius 3 is 2.64 bits per heavy atom. The summed E-state index contributed by atoms with van der Waals surface area (Å²) >= 11 is 1.18. The van der Waals surface area contributed by atoms with Crippen LogP contribution in [0, 0.1) is 6.92 Å². The van der Waals surface area contributed by atoms with E-state index in [0.717, 1.165) is 17.7 Å². The van der Waals surface area contributed by atoms with Crippen molar-refractivity contribution < 1.29 is 14.3 Å². The molecule has 144 valence electrons. The van der Waals surface area contributed by atoms with E-state index in [-0.39, 0.29) is 5.91 Å². The molecule has 1 aromatic carbocycles. The lowest BCUT2D eigenvalue weighted by atomic mass is 10.1. The van der Waals surface area contributed by atoms with Crippen LogP contribution in [0.15, 0.2) is 42.6 Å². The van der Waals surface area contributed by atoms with Crippen molar-refractivity contribution in [2.75, 3.05) is 17.7 Å². The molecule has 8 heteroatoms. The first-order valence-corrected chi connectivity index (χ1v) is 9.47. The molecule has 0 aliphatic carbocycles. The zero-order valence-electron chi connectivity index (χ0n) is 15.8. The largest absolute Gasteiger partial charge is 0.465 e. The number of hydrogen-bond acceptors (Lipinski definition) is 7. The first-order valence-electron chi connectivity index (χ1n) is 8.70. The molecule has 0 bridgehead atoms. The zero-order valence-corrected chi connectivity index (χ0v) is 16.6. The predicted molar refractivity (Wildman–Crippen MR) is 109 cm³/mol. The minimum atomic E-state index is -0.456. The molecule has 3 aromatic rings. The molecule has 28 heavy (non-hydrogen) atoms. The minimum absolute atomic E-state index is 0.235. The average Bonchev–Trinajstić information content (AvgIpc) is 3.08. The number of esters is 1. The number of rotatable bonds is 6. The number of ether oxygens (including phenoxy) is 1. The average molecular weight is 396 g/mol. The summed E-state index contributed by atoms with van der Waals surface area (Å²) in [6, 6.07) is 11.0. The van der Waals surface area contributed by atoms with Crippen LogP contribution >= 0.6 is 11.5 Å². The number of pyridine rings is 1. The highest BCUT2D eigenvalue weighted by Gasteiger charge is 2.20. The quantitative estimate of drug-likeness (QED) is 0.607. The molecule has 0 aliphatic heterocycles. The standard InChI is InChI=1S/C20H20N4O3S/c1-4-13-7-5-6-8-15(13)22-18(25)17-12(2)24-28-19(17)23-16-10-9-14(11-21-16)20(26)27-3/h5-11H,4H2,1-3H3,(H,21,23)(H,22,25). The first-order chi connectivity index (χ1) is 13.5. The second-order valence-electron chi connectivity index (χ2n) is 5.99. The number of aromatic nitrogens is 2. The minimum Gasteiger partial charge on any atom is -0.465 e. The fraction of sp³-hybridized carbons (Fsp3) is 0.200. The molecule has 1 amide bonds. The lowest BCUT2D eigenvalue weighted by Crippen LogP contribution is -2.15. The predicted octanol–water partition coefficient (Wildman–Crippen LogP) is 4.19. The summed E-state index contributed by atoms with van der Waals surface area (Å²) < 4.78 is 8.96. The molecule has 7 nitrogen and oxygen atoms in total. The van der Waals surface area contributed by atoms with Crippen LogP contribution in [0.2, 0.25) is 0 Å². The molecule has 3 rings (SSSR count). The van der Waals surface area contributed by atoms with Crippen LogP contribution in [0.25, 0.3) is 0 Å². The van der Waals surface area contributed by atoms with Gasteiger partial charge in [0.2, 0.25) is 0 Å². The maximum absolute atomic E-state index is 12.9. The van der Waals surface area contributed by atoms with E-state index in [4.69, 9.17) is 0 Å². The summed E-state index contributed by atoms with van der Waals surface area (Å²) in [5.41, 5.74) is 3.29. The number of methoxy groups -OCH3 is 1. The Balaban J connectivity index is 1.81. The fourth-order valence-electron chi connectivity index (χ4n) is 2.68. The van der Waals surface area contributed by atoms with E-state index < -0.39 is 5.97 Å². The van der Waals surface area contributed by atoms with Crippen molar-refractivity contribution in [2.24, 2.45) is 0 Å². The highest BCUT2D eigenvalue weighted by molar-refractivity contribution is 7.10. The molecule has 0 saturated heterocycles. The molecule has 2 aromatic heterocycles. The Bertz CT molecular complexity index is 999. The van der Waals surface area contributed by atoms with Crippen LogP contribution in [0.5, 0.6) is 0 Å². The monoisotopic (exact) mass is 396 g/mol. The molecular formula is C20H20N4O3S. The van der Waals surface area contributed by atoms with Crippen molar-refractivity contribution >= 4 is 39.9 Å². The topological polar surface area (TPSA) is 93.2 Å². The third kappa shape index (κ3) is 4.17. The number of nitrogens with zero attached hydrogens (tertiary/aromatic N) is 2. The Labute approximate surface area is 166 Å². The van der Waals surface area contributed by atoms with Gasteiger partial charge in [-0.15, -0.1) is 0 Å². The number of nitrogens with one attached hydrogen (secondary N) is 2. The van der Waals surface area contributed by atoms with Crippen molar-refractivity contribution in [3.05, 3.63) is 65.0 Å². The van der Waals surface area contributed by atoms with Crippen molar-refractivity contribution in [2.45, 2.75) is 20.3 Å². The number of para-hydroxylation sites is 1. The number of carbonyl (C=O) groups excluding carboxylic acids is 2. The Kier molecular flexibility index (Phi) is 6.00. The molecule has 0 saturated carbocycles. The van der Waals surface area contributed by atoms with Gasteiger partial charge in [-0.05, 0) is 48.6 Å². The number of amides is 1. The van der Waals surface area contributed by atoms with Gasteiger partial charge >= 0.3 is 5.97 Å². The summed E-state index contributed by atoms with van der Waals surface area (Å²) in [5, 5.41) is 6.66. The van der Waals surface area contributed by atoms with E-state index in [1.54, 1.807) is 19.1 Å². The molecule has 2 N–H and O–H groups in total. The Morgan fingerprint density at radius 1 is 1.18 bits per heavy atom. The highest BCUT2D eigenvalue weighted by atomic mass is 32.1. The molecule has 0 spiro atoms. The lowest BCUT2D eigenvalue weighted by Gasteiger charge is -2.11. The highest BCUT2D eigenvalue weighted by Crippen LogP contribution is 2.29. The molecule has 0 fully saturated rings. The van der Waals surface area contributed by atoms with Gasteiger partial charge in [-0.2, -0.15) is 4.37 Å². The van der Waals surface area contributed by atoms with Gasteiger partial charge in [-0.3, -0.25) is 4.79 Å². The third-order valence-electron chi connectivity index (χ3n) is 4.16. The van der Waals surface area contributed by atoms with E-state index >= 15 is 0 Å². The Morgan fingerprint density at radius 2 is 1.96 bits per heavy atom. The van der Waals surface area contributed by atoms with Gasteiger partial charge in [-0.1, -0.05) is 25.1 Å². The molecule has 0 radical (unpaired) electrons. The number of anilines is 3. The summed E-state index contributed by atoms with van der Waals surface area (Å²) in [7, 11) is 1.32. The van der Waals surface area contributed by atoms with Gasteiger partial charge in [0.25, 0.3) is 5.91 Å². The van der Waals surface area contributed by atoms with Crippen molar-refractivity contribution in [3.8, 4) is 0 Å². The van der Waals surface area contributed by atoms with Crippen molar-refractivity contribution in [1.29, 1.82) is 0 Å². The van der Waals surface area contributed by atoms with E-state index in [2.05, 4.69) is 24.7 Å². The number of aryl methyl sites for hydroxylation is 2. The first kappa shape index (κ1) is 19.5. The van der Waals surface area contributed by atoms with E-state index in [9.17, 15) is 9.59 Å². The number of benzene rings is 1. The van der Waals surface area contributed by atoms with Crippen LogP contribution in [0.1, 0.15) is 38.9 Å². The molecular weight excluding hydrogens is 376 g/mol. The zero-order chi connectivity index (χ0) is 20.1. The van der Waals surface area contributed by atoms with Gasteiger partial charge in [0, 0.05) is 11.9 Å². The third-order valence-corrected chi connectivity index (χ3v) is 5.02. The summed E-state index contributed by atoms with van der Waals surface area (Å²) in [6.07, 6.45) is 2.23. The molecule has 2 heterocycles. The maximum Gasteiger partial charge on any atom is 0.339 e. The van der Waals surface area contributed by atoms with E-state index in [0.29, 0.717) is 27.6 Å². The second kappa shape index (κ2) is 8.62. The van der Waals surface area contributed by atoms with Crippen LogP contribution in [0.4, 0.5) is 16.5 Å². The summed E-state index contributed by atoms with van der Waals surface area (Å²) in [5.74, 6) is -0.192. The lowest BCUT2D eigenvalue weighted by molar-refractivity contribution is 0.0600. The van der Waals surface area contributed by atoms with Crippen LogP contribution in [0.3, 0.4) is 0 Å². The Hall–Kier alpha value is -3.26. The van der Waals surface area contributed by atoms with Crippen LogP contribution in [-0.4, -0.2) is 28.3 Å². The number of hydrogen-bond donors (Lipinski definition) is 2. The van der Waals surface area contributed by atoms with Gasteiger partial charge in [0.15, 0.2) is 0 Å². The second-order valence-corrected chi connectivity index (χ2v) is 6.76. The van der Waals surface area contributed by atoms with Crippen molar-refractivity contribution in [1.82, 2.24) is 9.36 Å². The normalized spacial score (nSPS) is 10.4. The van der Waals surface area contributed by atoms with Gasteiger partial charge in [0.1, 0.15) is 10.8 Å². The van der Waals surface area contributed by atoms with E-state index in [1.165, 1.54) is 24.8 Å². The van der Waals surface area contributed by atoms with E-state index in [1.807, 2.05) is 31.2 Å². The summed E-state index contributed by atoms with van der Waals surface area (Å²) in [6.45, 7) is 3.83. The van der Waals surface area contributed by atoms with Crippen LogP contribution in [-0.2, 0) is 11.2 Å². The maximum atomic E-state index is 12.9. The smallest absolute Gasteiger partial charge is 0.339 e. The molecule has 0 atom stereocenters. The van der Waals surface area contributed by atoms with Gasteiger partial charge in [-0.25, -0.2) is 9.78 Å². The fourth-order valence-corrected chi connectivity index (χ4v) is 3.48. The molecule has 0 unspecified atom stereocenters. The molecule has 0 aliphatic rings. The SMILES string of the molecule is CCc1ccccc1NC(=O)c1c(C)nsc1Nc1ccc(C(=O)OC)cn1. The summed E-state index contributed by atoms with van der Waals surface area (Å²) in [4.78, 5) is 28.6. The van der Waals surface area contributed by atoms with Gasteiger partial charge in [0.05, 0.1) is 23.9 Å².